The van der Waals surface area contributed by atoms with E-state index in [-0.39, 0.29) is 12.0 Å². The molecule has 1 aliphatic carbocycles. The summed E-state index contributed by atoms with van der Waals surface area (Å²) in [6, 6.07) is 13.7. The Morgan fingerprint density at radius 3 is 2.46 bits per heavy atom. The Balaban J connectivity index is 1.77. The number of benzene rings is 2. The van der Waals surface area contributed by atoms with Gasteiger partial charge in [0.2, 0.25) is 5.91 Å². The van der Waals surface area contributed by atoms with Gasteiger partial charge < -0.3 is 14.8 Å². The first-order valence-corrected chi connectivity index (χ1v) is 10.2. The van der Waals surface area contributed by atoms with E-state index in [1.807, 2.05) is 13.0 Å². The molecule has 3 rings (SSSR count). The Kier molecular flexibility index (Phi) is 6.63. The van der Waals surface area contributed by atoms with E-state index in [0.29, 0.717) is 23.1 Å². The molecule has 1 fully saturated rings. The molecule has 0 radical (unpaired) electrons. The molecule has 0 heterocycles. The molecule has 5 heteroatoms. The maximum atomic E-state index is 13.3. The summed E-state index contributed by atoms with van der Waals surface area (Å²) < 4.78 is 10.9. The predicted octanol–water partition coefficient (Wildman–Crippen LogP) is 5.51. The number of nitrogens with one attached hydrogen (secondary N) is 1. The standard InChI is InChI=1S/C23H28ClNO3/c1-16-6-8-18(9-7-16)23(12-4-5-13-23)22(26)25-19-10-11-21(20(24)14-19)28-17(2)15-27-3/h6-11,14,17H,4-5,12-13,15H2,1-3H3,(H,25,26)/t17-/m0/s1. The van der Waals surface area contributed by atoms with Crippen LogP contribution in [0.5, 0.6) is 5.75 Å². The van der Waals surface area contributed by atoms with Crippen molar-refractivity contribution in [3.8, 4) is 5.75 Å². The molecule has 1 aliphatic rings. The van der Waals surface area contributed by atoms with Gasteiger partial charge in [0.1, 0.15) is 11.9 Å². The van der Waals surface area contributed by atoms with Gasteiger partial charge in [-0.1, -0.05) is 54.3 Å². The number of halogens is 1. The number of aryl methyl sites for hydroxylation is 1. The van der Waals surface area contributed by atoms with E-state index >= 15 is 0 Å². The first-order valence-electron chi connectivity index (χ1n) is 9.78. The summed E-state index contributed by atoms with van der Waals surface area (Å²) in [6.07, 6.45) is 3.75. The van der Waals surface area contributed by atoms with Gasteiger partial charge in [-0.2, -0.15) is 0 Å². The van der Waals surface area contributed by atoms with Gasteiger partial charge in [-0.05, 0) is 50.5 Å². The quantitative estimate of drug-likeness (QED) is 0.665. The summed E-state index contributed by atoms with van der Waals surface area (Å²) in [4.78, 5) is 13.3. The Bertz CT molecular complexity index is 813. The van der Waals surface area contributed by atoms with Crippen LogP contribution in [0.3, 0.4) is 0 Å². The molecule has 2 aromatic carbocycles. The molecule has 0 bridgehead atoms. The second kappa shape index (κ2) is 8.97. The van der Waals surface area contributed by atoms with Crippen LogP contribution in [-0.4, -0.2) is 25.7 Å². The van der Waals surface area contributed by atoms with Gasteiger partial charge in [0.05, 0.1) is 17.0 Å². The van der Waals surface area contributed by atoms with Crippen molar-refractivity contribution < 1.29 is 14.3 Å². The fraction of sp³-hybridized carbons (Fsp3) is 0.435. The highest BCUT2D eigenvalue weighted by atomic mass is 35.5. The van der Waals surface area contributed by atoms with E-state index in [9.17, 15) is 4.79 Å². The van der Waals surface area contributed by atoms with Crippen molar-refractivity contribution in [3.63, 3.8) is 0 Å². The lowest BCUT2D eigenvalue weighted by atomic mass is 9.77. The molecule has 1 amide bonds. The highest BCUT2D eigenvalue weighted by Gasteiger charge is 2.42. The Labute approximate surface area is 172 Å². The zero-order valence-corrected chi connectivity index (χ0v) is 17.5. The Morgan fingerprint density at radius 1 is 1.18 bits per heavy atom. The number of methoxy groups -OCH3 is 1. The zero-order valence-electron chi connectivity index (χ0n) is 16.8. The SMILES string of the molecule is COC[C@H](C)Oc1ccc(NC(=O)C2(c3ccc(C)cc3)CCCC2)cc1Cl. The molecule has 150 valence electrons. The van der Waals surface area contributed by atoms with Crippen LogP contribution in [0.4, 0.5) is 5.69 Å². The minimum absolute atomic E-state index is 0.0336. The fourth-order valence-electron chi connectivity index (χ4n) is 3.91. The monoisotopic (exact) mass is 401 g/mol. The van der Waals surface area contributed by atoms with E-state index in [2.05, 4.69) is 36.5 Å². The van der Waals surface area contributed by atoms with Crippen molar-refractivity contribution in [1.29, 1.82) is 0 Å². The Hall–Kier alpha value is -2.04. The summed E-state index contributed by atoms with van der Waals surface area (Å²) in [5, 5.41) is 3.55. The topological polar surface area (TPSA) is 47.6 Å². The third-order valence-corrected chi connectivity index (χ3v) is 5.71. The second-order valence-corrected chi connectivity index (χ2v) is 8.05. The first kappa shape index (κ1) is 20.7. The largest absolute Gasteiger partial charge is 0.487 e. The van der Waals surface area contributed by atoms with E-state index in [4.69, 9.17) is 21.1 Å². The van der Waals surface area contributed by atoms with Gasteiger partial charge in [-0.15, -0.1) is 0 Å². The normalized spacial score (nSPS) is 16.6. The van der Waals surface area contributed by atoms with Crippen molar-refractivity contribution in [2.45, 2.75) is 51.0 Å². The maximum Gasteiger partial charge on any atom is 0.235 e. The molecule has 0 spiro atoms. The van der Waals surface area contributed by atoms with Crippen LogP contribution in [-0.2, 0) is 14.9 Å². The van der Waals surface area contributed by atoms with Gasteiger partial charge >= 0.3 is 0 Å². The van der Waals surface area contributed by atoms with Crippen LogP contribution in [0.1, 0.15) is 43.7 Å². The van der Waals surface area contributed by atoms with Crippen molar-refractivity contribution in [3.05, 3.63) is 58.6 Å². The van der Waals surface area contributed by atoms with Crippen LogP contribution < -0.4 is 10.1 Å². The van der Waals surface area contributed by atoms with Gasteiger partial charge in [-0.25, -0.2) is 0 Å². The predicted molar refractivity (Wildman–Crippen MR) is 113 cm³/mol. The average Bonchev–Trinajstić information content (AvgIpc) is 3.16. The minimum Gasteiger partial charge on any atom is -0.487 e. The van der Waals surface area contributed by atoms with E-state index < -0.39 is 5.41 Å². The molecule has 0 aromatic heterocycles. The highest BCUT2D eigenvalue weighted by Crippen LogP contribution is 2.42. The molecular formula is C23H28ClNO3. The second-order valence-electron chi connectivity index (χ2n) is 7.64. The number of anilines is 1. The molecular weight excluding hydrogens is 374 g/mol. The molecule has 1 N–H and O–H groups in total. The maximum absolute atomic E-state index is 13.3. The molecule has 1 saturated carbocycles. The van der Waals surface area contributed by atoms with Crippen LogP contribution in [0.25, 0.3) is 0 Å². The molecule has 0 aliphatic heterocycles. The first-order chi connectivity index (χ1) is 13.4. The molecule has 0 unspecified atom stereocenters. The van der Waals surface area contributed by atoms with Crippen LogP contribution in [0.15, 0.2) is 42.5 Å². The van der Waals surface area contributed by atoms with E-state index in [1.54, 1.807) is 19.2 Å². The smallest absolute Gasteiger partial charge is 0.235 e. The van der Waals surface area contributed by atoms with Crippen LogP contribution in [0, 0.1) is 6.92 Å². The summed E-state index contributed by atoms with van der Waals surface area (Å²) in [5.41, 5.74) is 2.50. The summed E-state index contributed by atoms with van der Waals surface area (Å²) >= 11 is 6.37. The fourth-order valence-corrected chi connectivity index (χ4v) is 4.13. The molecule has 0 saturated heterocycles. The van der Waals surface area contributed by atoms with E-state index in [1.165, 1.54) is 5.56 Å². The lowest BCUT2D eigenvalue weighted by Gasteiger charge is -2.28. The van der Waals surface area contributed by atoms with Crippen molar-refractivity contribution in [2.24, 2.45) is 0 Å². The summed E-state index contributed by atoms with van der Waals surface area (Å²) in [7, 11) is 1.63. The third-order valence-electron chi connectivity index (χ3n) is 5.42. The van der Waals surface area contributed by atoms with Crippen molar-refractivity contribution in [2.75, 3.05) is 19.0 Å². The number of amides is 1. The number of carbonyl (C=O) groups excluding carboxylic acids is 1. The van der Waals surface area contributed by atoms with Crippen LogP contribution in [0.2, 0.25) is 5.02 Å². The minimum atomic E-state index is -0.470. The van der Waals surface area contributed by atoms with Gasteiger partial charge in [-0.3, -0.25) is 4.79 Å². The van der Waals surface area contributed by atoms with Gasteiger partial charge in [0.25, 0.3) is 0 Å². The third kappa shape index (κ3) is 4.50. The molecule has 4 nitrogen and oxygen atoms in total. The number of carbonyl (C=O) groups is 1. The number of ether oxygens (including phenoxy) is 2. The highest BCUT2D eigenvalue weighted by molar-refractivity contribution is 6.32. The van der Waals surface area contributed by atoms with Crippen molar-refractivity contribution in [1.82, 2.24) is 0 Å². The average molecular weight is 402 g/mol. The lowest BCUT2D eigenvalue weighted by molar-refractivity contribution is -0.121. The van der Waals surface area contributed by atoms with Crippen LogP contribution >= 0.6 is 11.6 Å². The Morgan fingerprint density at radius 2 is 1.86 bits per heavy atom. The molecule has 2 aromatic rings. The number of rotatable bonds is 7. The van der Waals surface area contributed by atoms with Gasteiger partial charge in [0, 0.05) is 12.8 Å². The van der Waals surface area contributed by atoms with E-state index in [0.717, 1.165) is 31.2 Å². The van der Waals surface area contributed by atoms with Crippen molar-refractivity contribution >= 4 is 23.2 Å². The van der Waals surface area contributed by atoms with Gasteiger partial charge in [0.15, 0.2) is 0 Å². The lowest BCUT2D eigenvalue weighted by Crippen LogP contribution is -2.38. The summed E-state index contributed by atoms with van der Waals surface area (Å²) in [6.45, 7) is 4.46. The molecule has 28 heavy (non-hydrogen) atoms. The molecule has 1 atom stereocenters. The summed E-state index contributed by atoms with van der Waals surface area (Å²) in [5.74, 6) is 0.615. The number of hydrogen-bond acceptors (Lipinski definition) is 3. The zero-order chi connectivity index (χ0) is 20.1. The number of hydrogen-bond donors (Lipinski definition) is 1.